The minimum atomic E-state index is -0.798. The molecule has 0 aromatic carbocycles. The van der Waals surface area contributed by atoms with Crippen LogP contribution in [0.25, 0.3) is 0 Å². The van der Waals surface area contributed by atoms with Gasteiger partial charge in [0.1, 0.15) is 6.10 Å². The maximum atomic E-state index is 12.3. The number of amides is 2. The van der Waals surface area contributed by atoms with Gasteiger partial charge < -0.3 is 9.47 Å². The van der Waals surface area contributed by atoms with E-state index in [2.05, 4.69) is 6.58 Å². The highest BCUT2D eigenvalue weighted by Gasteiger charge is 2.52. The van der Waals surface area contributed by atoms with Crippen LogP contribution in [0.4, 0.5) is 0 Å². The van der Waals surface area contributed by atoms with Gasteiger partial charge in [0.25, 0.3) is 0 Å². The molecule has 7 nitrogen and oxygen atoms in total. The third kappa shape index (κ3) is 2.30. The summed E-state index contributed by atoms with van der Waals surface area (Å²) in [4.78, 5) is 48.8. The predicted molar refractivity (Wildman–Crippen MR) is 71.9 cm³/mol. The fraction of sp³-hybridized carbons (Fsp3) is 0.600. The lowest BCUT2D eigenvalue weighted by Gasteiger charge is -2.45. The average molecular weight is 307 g/mol. The maximum absolute atomic E-state index is 12.3. The Labute approximate surface area is 127 Å². The molecule has 118 valence electrons. The Hall–Kier alpha value is -2.18. The minimum absolute atomic E-state index is 0.0349. The van der Waals surface area contributed by atoms with Gasteiger partial charge in [0.05, 0.1) is 12.3 Å². The Balaban J connectivity index is 1.79. The third-order valence-electron chi connectivity index (χ3n) is 4.44. The van der Waals surface area contributed by atoms with Crippen molar-refractivity contribution >= 4 is 23.8 Å². The van der Waals surface area contributed by atoms with Crippen molar-refractivity contribution in [2.75, 3.05) is 0 Å². The van der Waals surface area contributed by atoms with Crippen LogP contribution >= 0.6 is 0 Å². The summed E-state index contributed by atoms with van der Waals surface area (Å²) in [5, 5.41) is 0. The average Bonchev–Trinajstić information content (AvgIpc) is 2.45. The lowest BCUT2D eigenvalue weighted by molar-refractivity contribution is -0.201. The summed E-state index contributed by atoms with van der Waals surface area (Å²) in [6.45, 7) is 5.05. The summed E-state index contributed by atoms with van der Waals surface area (Å²) < 4.78 is 10.5. The van der Waals surface area contributed by atoms with Gasteiger partial charge in [-0.3, -0.25) is 14.4 Å². The minimum Gasteiger partial charge on any atom is -0.458 e. The monoisotopic (exact) mass is 307 g/mol. The molecule has 1 aliphatic carbocycles. The van der Waals surface area contributed by atoms with Crippen LogP contribution in [0, 0.1) is 11.8 Å². The van der Waals surface area contributed by atoms with Crippen molar-refractivity contribution in [1.29, 1.82) is 0 Å². The van der Waals surface area contributed by atoms with Gasteiger partial charge in [-0.2, -0.15) is 0 Å². The van der Waals surface area contributed by atoms with E-state index in [0.29, 0.717) is 12.8 Å². The highest BCUT2D eigenvalue weighted by atomic mass is 16.6. The smallest absolute Gasteiger partial charge is 0.333 e. The second-order valence-electron chi connectivity index (χ2n) is 6.04. The normalized spacial score (nSPS) is 33.9. The number of esters is 2. The molecule has 2 aliphatic heterocycles. The summed E-state index contributed by atoms with van der Waals surface area (Å²) in [7, 11) is 0. The highest BCUT2D eigenvalue weighted by Crippen LogP contribution is 2.38. The molecule has 1 saturated carbocycles. The van der Waals surface area contributed by atoms with E-state index in [4.69, 9.17) is 9.47 Å². The summed E-state index contributed by atoms with van der Waals surface area (Å²) in [5.74, 6) is -2.72. The van der Waals surface area contributed by atoms with Gasteiger partial charge in [-0.15, -0.1) is 0 Å². The fourth-order valence-electron chi connectivity index (χ4n) is 3.16. The Bertz CT molecular complexity index is 583. The number of imide groups is 1. The Morgan fingerprint density at radius 1 is 1.32 bits per heavy atom. The zero-order valence-corrected chi connectivity index (χ0v) is 12.2. The zero-order valence-electron chi connectivity index (χ0n) is 12.2. The van der Waals surface area contributed by atoms with Gasteiger partial charge in [0, 0.05) is 11.5 Å². The van der Waals surface area contributed by atoms with Gasteiger partial charge in [0.2, 0.25) is 11.8 Å². The van der Waals surface area contributed by atoms with Crippen molar-refractivity contribution in [3.8, 4) is 0 Å². The molecule has 3 aliphatic rings. The first-order valence-corrected chi connectivity index (χ1v) is 7.31. The van der Waals surface area contributed by atoms with E-state index in [-0.39, 0.29) is 30.2 Å². The molecule has 0 radical (unpaired) electrons. The number of carbonyl (C=O) groups excluding carboxylic acids is 4. The van der Waals surface area contributed by atoms with Crippen molar-refractivity contribution in [3.63, 3.8) is 0 Å². The molecule has 2 amide bonds. The van der Waals surface area contributed by atoms with Crippen LogP contribution in [0.15, 0.2) is 12.2 Å². The lowest BCUT2D eigenvalue weighted by Crippen LogP contribution is -2.62. The van der Waals surface area contributed by atoms with Crippen molar-refractivity contribution in [3.05, 3.63) is 12.2 Å². The molecule has 3 rings (SSSR count). The number of hydrogen-bond donors (Lipinski definition) is 0. The number of ether oxygens (including phenoxy) is 2. The SMILES string of the molecule is C=C(C)C(=O)OC1CCC2CC1C(=O)OC1CC(=O)N1C2=O. The molecule has 0 aromatic heterocycles. The van der Waals surface area contributed by atoms with Crippen LogP contribution < -0.4 is 0 Å². The van der Waals surface area contributed by atoms with E-state index in [1.165, 1.54) is 6.92 Å². The largest absolute Gasteiger partial charge is 0.458 e. The van der Waals surface area contributed by atoms with Gasteiger partial charge in [-0.25, -0.2) is 9.69 Å². The van der Waals surface area contributed by atoms with Crippen molar-refractivity contribution < 1.29 is 28.7 Å². The Morgan fingerprint density at radius 3 is 2.68 bits per heavy atom. The van der Waals surface area contributed by atoms with Crippen LogP contribution in [0.2, 0.25) is 0 Å². The van der Waals surface area contributed by atoms with Crippen molar-refractivity contribution in [1.82, 2.24) is 4.90 Å². The van der Waals surface area contributed by atoms with E-state index in [1.807, 2.05) is 0 Å². The second kappa shape index (κ2) is 5.23. The van der Waals surface area contributed by atoms with E-state index < -0.39 is 36.1 Å². The molecule has 0 aromatic rings. The number of fused-ring (bicyclic) bond motifs is 3. The number of nitrogens with zero attached hydrogens (tertiary/aromatic N) is 1. The topological polar surface area (TPSA) is 90.0 Å². The van der Waals surface area contributed by atoms with Gasteiger partial charge >= 0.3 is 11.9 Å². The van der Waals surface area contributed by atoms with E-state index in [0.717, 1.165) is 4.90 Å². The molecular weight excluding hydrogens is 290 g/mol. The quantitative estimate of drug-likeness (QED) is 0.320. The van der Waals surface area contributed by atoms with Crippen LogP contribution in [-0.2, 0) is 28.7 Å². The highest BCUT2D eigenvalue weighted by molar-refractivity contribution is 6.02. The molecule has 2 bridgehead atoms. The van der Waals surface area contributed by atoms with Crippen LogP contribution in [0.5, 0.6) is 0 Å². The number of hydrogen-bond acceptors (Lipinski definition) is 6. The molecule has 4 unspecified atom stereocenters. The van der Waals surface area contributed by atoms with E-state index in [1.54, 1.807) is 0 Å². The predicted octanol–water partition coefficient (Wildman–Crippen LogP) is 0.532. The summed E-state index contributed by atoms with van der Waals surface area (Å²) in [5.41, 5.74) is 0.258. The molecule has 3 fully saturated rings. The molecular formula is C15H17NO6. The maximum Gasteiger partial charge on any atom is 0.333 e. The molecule has 22 heavy (non-hydrogen) atoms. The Kier molecular flexibility index (Phi) is 3.50. The molecule has 0 spiro atoms. The number of rotatable bonds is 2. The second-order valence-corrected chi connectivity index (χ2v) is 6.04. The first-order chi connectivity index (χ1) is 10.4. The fourth-order valence-corrected chi connectivity index (χ4v) is 3.16. The Morgan fingerprint density at radius 2 is 2.05 bits per heavy atom. The standard InChI is InChI=1S/C15H17NO6/c1-7(2)14(19)21-10-4-3-8-5-9(10)15(20)22-12-6-11(17)16(12)13(8)18/h8-10,12H,1,3-6H2,2H3. The first-order valence-electron chi connectivity index (χ1n) is 7.31. The lowest BCUT2D eigenvalue weighted by atomic mass is 9.77. The van der Waals surface area contributed by atoms with Crippen LogP contribution in [0.3, 0.4) is 0 Å². The van der Waals surface area contributed by atoms with Gasteiger partial charge in [0.15, 0.2) is 6.23 Å². The molecule has 2 heterocycles. The molecule has 0 N–H and O–H groups in total. The molecule has 4 atom stereocenters. The van der Waals surface area contributed by atoms with E-state index >= 15 is 0 Å². The van der Waals surface area contributed by atoms with Crippen molar-refractivity contribution in [2.45, 2.75) is 44.9 Å². The summed E-state index contributed by atoms with van der Waals surface area (Å²) >= 11 is 0. The van der Waals surface area contributed by atoms with E-state index in [9.17, 15) is 19.2 Å². The van der Waals surface area contributed by atoms with Crippen molar-refractivity contribution in [2.24, 2.45) is 11.8 Å². The van der Waals surface area contributed by atoms with Crippen LogP contribution in [-0.4, -0.2) is 41.0 Å². The third-order valence-corrected chi connectivity index (χ3v) is 4.44. The first kappa shape index (κ1) is 14.7. The van der Waals surface area contributed by atoms with Gasteiger partial charge in [-0.05, 0) is 26.2 Å². The number of carbonyl (C=O) groups is 4. The zero-order chi connectivity index (χ0) is 16.0. The summed E-state index contributed by atoms with van der Waals surface area (Å²) in [6.07, 6.45) is -0.263. The number of β-lactam (4-membered cyclic amide) rings is 1. The van der Waals surface area contributed by atoms with Crippen LogP contribution in [0.1, 0.15) is 32.6 Å². The molecule has 7 heteroatoms. The summed E-state index contributed by atoms with van der Waals surface area (Å²) in [6, 6.07) is 0. The molecule has 2 saturated heterocycles. The van der Waals surface area contributed by atoms with Gasteiger partial charge in [-0.1, -0.05) is 6.58 Å².